The molecule has 3 nitrogen and oxygen atoms in total. The van der Waals surface area contributed by atoms with Crippen LogP contribution in [0.1, 0.15) is 51.4 Å². The maximum Gasteiger partial charge on any atom is 0.337 e. The van der Waals surface area contributed by atoms with Crippen LogP contribution in [-0.2, 0) is 0 Å². The fourth-order valence-electron chi connectivity index (χ4n) is 2.54. The number of hydrogen-bond acceptors (Lipinski definition) is 2. The molecular weight excluding hydrogens is 262 g/mol. The van der Waals surface area contributed by atoms with Crippen molar-refractivity contribution in [2.24, 2.45) is 5.41 Å². The number of carbonyl (C=O) groups is 1. The SMILES string of the molecule is CC(C)(C)CC(C)(C)Nc1ccc(Cl)cc1C(=O)O. The van der Waals surface area contributed by atoms with E-state index in [9.17, 15) is 9.90 Å². The molecule has 0 spiro atoms. The molecule has 4 heteroatoms. The Morgan fingerprint density at radius 3 is 2.32 bits per heavy atom. The molecule has 1 aromatic rings. The number of carboxylic acid groups (broad SMARTS) is 1. The molecule has 0 saturated carbocycles. The number of anilines is 1. The van der Waals surface area contributed by atoms with Gasteiger partial charge in [-0.25, -0.2) is 4.79 Å². The van der Waals surface area contributed by atoms with Gasteiger partial charge in [0.1, 0.15) is 0 Å². The summed E-state index contributed by atoms with van der Waals surface area (Å²) >= 11 is 5.85. The molecule has 19 heavy (non-hydrogen) atoms. The van der Waals surface area contributed by atoms with Crippen LogP contribution >= 0.6 is 11.6 Å². The van der Waals surface area contributed by atoms with Crippen molar-refractivity contribution in [2.75, 3.05) is 5.32 Å². The van der Waals surface area contributed by atoms with Gasteiger partial charge >= 0.3 is 5.97 Å². The standard InChI is InChI=1S/C15H22ClNO2/c1-14(2,3)9-15(4,5)17-12-7-6-10(16)8-11(12)13(18)19/h6-8,17H,9H2,1-5H3,(H,18,19). The minimum atomic E-state index is -0.975. The van der Waals surface area contributed by atoms with Gasteiger partial charge in [0, 0.05) is 16.2 Å². The van der Waals surface area contributed by atoms with Crippen LogP contribution in [0.25, 0.3) is 0 Å². The van der Waals surface area contributed by atoms with Gasteiger partial charge in [0.15, 0.2) is 0 Å². The van der Waals surface area contributed by atoms with Gasteiger partial charge in [0.2, 0.25) is 0 Å². The summed E-state index contributed by atoms with van der Waals surface area (Å²) in [6, 6.07) is 4.89. The lowest BCUT2D eigenvalue weighted by Gasteiger charge is -2.34. The number of rotatable bonds is 4. The highest BCUT2D eigenvalue weighted by atomic mass is 35.5. The molecule has 0 radical (unpaired) electrons. The molecule has 0 aliphatic rings. The first-order valence-electron chi connectivity index (χ1n) is 6.31. The second-order valence-electron chi connectivity index (χ2n) is 6.74. The summed E-state index contributed by atoms with van der Waals surface area (Å²) in [7, 11) is 0. The van der Waals surface area contributed by atoms with Crippen molar-refractivity contribution in [2.45, 2.75) is 46.6 Å². The van der Waals surface area contributed by atoms with Gasteiger partial charge in [-0.2, -0.15) is 0 Å². The minimum absolute atomic E-state index is 0.159. The summed E-state index contributed by atoms with van der Waals surface area (Å²) in [5.41, 5.74) is 0.767. The average molecular weight is 284 g/mol. The zero-order valence-electron chi connectivity index (χ0n) is 12.2. The molecule has 1 rings (SSSR count). The van der Waals surface area contributed by atoms with E-state index in [2.05, 4.69) is 39.9 Å². The Balaban J connectivity index is 3.02. The molecule has 0 fully saturated rings. The zero-order chi connectivity index (χ0) is 14.8. The molecule has 0 aliphatic carbocycles. The van der Waals surface area contributed by atoms with Gasteiger partial charge in [0.25, 0.3) is 0 Å². The Labute approximate surface area is 120 Å². The van der Waals surface area contributed by atoms with Crippen LogP contribution in [0.2, 0.25) is 5.02 Å². The quantitative estimate of drug-likeness (QED) is 0.844. The summed E-state index contributed by atoms with van der Waals surface area (Å²) in [5, 5.41) is 13.0. The van der Waals surface area contributed by atoms with Crippen LogP contribution in [0.4, 0.5) is 5.69 Å². The number of halogens is 1. The Morgan fingerprint density at radius 2 is 1.84 bits per heavy atom. The third-order valence-corrected chi connectivity index (χ3v) is 2.89. The van der Waals surface area contributed by atoms with Crippen molar-refractivity contribution in [1.82, 2.24) is 0 Å². The van der Waals surface area contributed by atoms with E-state index in [1.165, 1.54) is 6.07 Å². The summed E-state index contributed by atoms with van der Waals surface area (Å²) < 4.78 is 0. The fraction of sp³-hybridized carbons (Fsp3) is 0.533. The molecule has 0 heterocycles. The molecule has 0 amide bonds. The predicted molar refractivity (Wildman–Crippen MR) is 80.2 cm³/mol. The number of nitrogens with one attached hydrogen (secondary N) is 1. The van der Waals surface area contributed by atoms with Crippen LogP contribution in [0.15, 0.2) is 18.2 Å². The molecule has 0 aromatic heterocycles. The summed E-state index contributed by atoms with van der Waals surface area (Å²) in [5.74, 6) is -0.975. The number of hydrogen-bond donors (Lipinski definition) is 2. The van der Waals surface area contributed by atoms with Crippen LogP contribution in [-0.4, -0.2) is 16.6 Å². The van der Waals surface area contributed by atoms with Gasteiger partial charge in [-0.05, 0) is 43.9 Å². The second kappa shape index (κ2) is 5.41. The molecule has 0 aliphatic heterocycles. The molecule has 0 unspecified atom stereocenters. The predicted octanol–water partition coefficient (Wildman–Crippen LogP) is 4.66. The number of aromatic carboxylic acids is 1. The average Bonchev–Trinajstić information content (AvgIpc) is 2.16. The van der Waals surface area contributed by atoms with Gasteiger partial charge in [-0.15, -0.1) is 0 Å². The second-order valence-corrected chi connectivity index (χ2v) is 7.18. The third kappa shape index (κ3) is 5.11. The molecule has 0 saturated heterocycles. The van der Waals surface area contributed by atoms with E-state index in [0.29, 0.717) is 10.7 Å². The monoisotopic (exact) mass is 283 g/mol. The Hall–Kier alpha value is -1.22. The van der Waals surface area contributed by atoms with Crippen LogP contribution in [0, 0.1) is 5.41 Å². The highest BCUT2D eigenvalue weighted by Crippen LogP contribution is 2.31. The van der Waals surface area contributed by atoms with Gasteiger partial charge in [-0.3, -0.25) is 0 Å². The van der Waals surface area contributed by atoms with E-state index in [4.69, 9.17) is 11.6 Å². The van der Waals surface area contributed by atoms with Crippen molar-refractivity contribution < 1.29 is 9.90 Å². The Bertz CT molecular complexity index is 476. The summed E-state index contributed by atoms with van der Waals surface area (Å²) in [6.07, 6.45) is 0.918. The Morgan fingerprint density at radius 1 is 1.26 bits per heavy atom. The molecule has 0 atom stereocenters. The molecular formula is C15H22ClNO2. The molecule has 2 N–H and O–H groups in total. The third-order valence-electron chi connectivity index (χ3n) is 2.66. The first kappa shape index (κ1) is 15.8. The van der Waals surface area contributed by atoms with E-state index in [1.54, 1.807) is 12.1 Å². The van der Waals surface area contributed by atoms with Crippen LogP contribution in [0.5, 0.6) is 0 Å². The van der Waals surface area contributed by atoms with Gasteiger partial charge in [-0.1, -0.05) is 32.4 Å². The van der Waals surface area contributed by atoms with Crippen molar-refractivity contribution >= 4 is 23.3 Å². The first-order valence-corrected chi connectivity index (χ1v) is 6.69. The van der Waals surface area contributed by atoms with Crippen molar-refractivity contribution in [3.8, 4) is 0 Å². The lowest BCUT2D eigenvalue weighted by atomic mass is 9.81. The number of benzene rings is 1. The maximum atomic E-state index is 11.2. The largest absolute Gasteiger partial charge is 0.478 e. The zero-order valence-corrected chi connectivity index (χ0v) is 12.9. The topological polar surface area (TPSA) is 49.3 Å². The molecule has 1 aromatic carbocycles. The number of carboxylic acids is 1. The smallest absolute Gasteiger partial charge is 0.337 e. The molecule has 0 bridgehead atoms. The summed E-state index contributed by atoms with van der Waals surface area (Å²) in [6.45, 7) is 10.6. The van der Waals surface area contributed by atoms with E-state index < -0.39 is 5.97 Å². The lowest BCUT2D eigenvalue weighted by molar-refractivity contribution is 0.0698. The lowest BCUT2D eigenvalue weighted by Crippen LogP contribution is -2.36. The highest BCUT2D eigenvalue weighted by Gasteiger charge is 2.26. The van der Waals surface area contributed by atoms with E-state index in [0.717, 1.165) is 6.42 Å². The van der Waals surface area contributed by atoms with Gasteiger partial charge < -0.3 is 10.4 Å². The highest BCUT2D eigenvalue weighted by molar-refractivity contribution is 6.31. The fourth-order valence-corrected chi connectivity index (χ4v) is 2.71. The normalized spacial score (nSPS) is 12.3. The van der Waals surface area contributed by atoms with Gasteiger partial charge in [0.05, 0.1) is 5.56 Å². The maximum absolute atomic E-state index is 11.2. The van der Waals surface area contributed by atoms with Crippen molar-refractivity contribution in [3.05, 3.63) is 28.8 Å². The van der Waals surface area contributed by atoms with E-state index >= 15 is 0 Å². The summed E-state index contributed by atoms with van der Waals surface area (Å²) in [4.78, 5) is 11.2. The van der Waals surface area contributed by atoms with E-state index in [1.807, 2.05) is 0 Å². The Kier molecular flexibility index (Phi) is 4.51. The van der Waals surface area contributed by atoms with E-state index in [-0.39, 0.29) is 16.5 Å². The van der Waals surface area contributed by atoms with Crippen molar-refractivity contribution in [1.29, 1.82) is 0 Å². The first-order chi connectivity index (χ1) is 8.50. The van der Waals surface area contributed by atoms with Crippen LogP contribution in [0.3, 0.4) is 0 Å². The van der Waals surface area contributed by atoms with Crippen molar-refractivity contribution in [3.63, 3.8) is 0 Å². The van der Waals surface area contributed by atoms with Crippen LogP contribution < -0.4 is 5.32 Å². The molecule has 106 valence electrons. The minimum Gasteiger partial charge on any atom is -0.478 e.